The second-order valence-corrected chi connectivity index (χ2v) is 14.0. The Balaban J connectivity index is 0.931. The van der Waals surface area contributed by atoms with E-state index in [1.165, 1.54) is 12.7 Å². The summed E-state index contributed by atoms with van der Waals surface area (Å²) in [6.07, 6.45) is 4.78. The van der Waals surface area contributed by atoms with Crippen molar-refractivity contribution in [3.63, 3.8) is 0 Å². The molecule has 4 aromatic heterocycles. The fraction of sp³-hybridized carbons (Fsp3) is 0.341. The highest BCUT2D eigenvalue weighted by Gasteiger charge is 2.32. The van der Waals surface area contributed by atoms with Crippen LogP contribution in [-0.4, -0.2) is 116 Å². The first kappa shape index (κ1) is 37.8. The molecule has 2 aliphatic rings. The number of hydrogen-bond acceptors (Lipinski definition) is 14. The van der Waals surface area contributed by atoms with E-state index < -0.39 is 0 Å². The minimum Gasteiger partial charge on any atom is -0.497 e. The third-order valence-corrected chi connectivity index (χ3v) is 10.5. The molecule has 6 heterocycles. The van der Waals surface area contributed by atoms with Crippen LogP contribution in [0, 0.1) is 23.7 Å². The van der Waals surface area contributed by atoms with Gasteiger partial charge in [0.1, 0.15) is 58.7 Å². The van der Waals surface area contributed by atoms with E-state index in [9.17, 15) is 4.79 Å². The van der Waals surface area contributed by atoms with Crippen molar-refractivity contribution in [2.45, 2.75) is 31.3 Å². The van der Waals surface area contributed by atoms with Crippen LogP contribution in [0.3, 0.4) is 0 Å². The SMILES string of the molecule is COc1cc(C#Cc2nn(C3CCN(CCC(=O)N4CCC(n5nc(C#Cc6cc(OC)cc(OC)c6)c6c(N)ncnc65)C4)C3)c3ncnc(N)c23)cc(OC)c1. The van der Waals surface area contributed by atoms with Gasteiger partial charge in [0.05, 0.1) is 51.3 Å². The molecular formula is C41H42N12O5. The van der Waals surface area contributed by atoms with Crippen molar-refractivity contribution in [1.82, 2.24) is 49.3 Å². The fourth-order valence-electron chi connectivity index (χ4n) is 7.49. The van der Waals surface area contributed by atoms with Gasteiger partial charge < -0.3 is 40.2 Å². The summed E-state index contributed by atoms with van der Waals surface area (Å²) < 4.78 is 25.3. The highest BCUT2D eigenvalue weighted by molar-refractivity contribution is 5.91. The Labute approximate surface area is 334 Å². The van der Waals surface area contributed by atoms with Crippen LogP contribution in [0.1, 0.15) is 53.9 Å². The number of carbonyl (C=O) groups excluding carboxylic acids is 1. The Hall–Kier alpha value is -7.11. The van der Waals surface area contributed by atoms with E-state index >= 15 is 0 Å². The van der Waals surface area contributed by atoms with Crippen LogP contribution in [-0.2, 0) is 4.79 Å². The molecule has 2 saturated heterocycles. The average Bonchev–Trinajstić information content (AvgIpc) is 4.07. The number of nitrogen functional groups attached to an aromatic ring is 2. The van der Waals surface area contributed by atoms with E-state index in [1.807, 2.05) is 38.5 Å². The monoisotopic (exact) mass is 782 g/mol. The molecule has 58 heavy (non-hydrogen) atoms. The van der Waals surface area contributed by atoms with Gasteiger partial charge in [-0.1, -0.05) is 11.8 Å². The van der Waals surface area contributed by atoms with Crippen LogP contribution in [0.4, 0.5) is 11.6 Å². The average molecular weight is 783 g/mol. The Kier molecular flexibility index (Phi) is 10.5. The van der Waals surface area contributed by atoms with Crippen LogP contribution in [0.15, 0.2) is 49.1 Å². The van der Waals surface area contributed by atoms with Gasteiger partial charge in [-0.05, 0) is 48.9 Å². The molecule has 2 aliphatic heterocycles. The largest absolute Gasteiger partial charge is 0.497 e. The molecule has 296 valence electrons. The predicted molar refractivity (Wildman–Crippen MR) is 215 cm³/mol. The van der Waals surface area contributed by atoms with Crippen LogP contribution in [0.2, 0.25) is 0 Å². The minimum atomic E-state index is -0.102. The van der Waals surface area contributed by atoms with Crippen molar-refractivity contribution in [2.75, 3.05) is 72.6 Å². The number of methoxy groups -OCH3 is 4. The first-order valence-corrected chi connectivity index (χ1v) is 18.7. The number of carbonyl (C=O) groups is 1. The molecule has 17 heteroatoms. The lowest BCUT2D eigenvalue weighted by molar-refractivity contribution is -0.130. The summed E-state index contributed by atoms with van der Waals surface area (Å²) in [6, 6.07) is 10.8. The predicted octanol–water partition coefficient (Wildman–Crippen LogP) is 3.07. The molecule has 2 atom stereocenters. The van der Waals surface area contributed by atoms with Crippen molar-refractivity contribution < 1.29 is 23.7 Å². The van der Waals surface area contributed by atoms with Crippen LogP contribution >= 0.6 is 0 Å². The number of anilines is 2. The third-order valence-electron chi connectivity index (χ3n) is 10.5. The number of hydrogen-bond donors (Lipinski definition) is 2. The summed E-state index contributed by atoms with van der Waals surface area (Å²) in [5.74, 6) is 15.8. The number of likely N-dealkylation sites (tertiary alicyclic amines) is 2. The van der Waals surface area contributed by atoms with E-state index in [0.717, 1.165) is 13.0 Å². The number of ether oxygens (including phenoxy) is 4. The van der Waals surface area contributed by atoms with Gasteiger partial charge in [-0.25, -0.2) is 29.3 Å². The molecular weight excluding hydrogens is 741 g/mol. The van der Waals surface area contributed by atoms with Crippen LogP contribution in [0.25, 0.3) is 22.1 Å². The Morgan fingerprint density at radius 3 is 1.60 bits per heavy atom. The molecule has 17 nitrogen and oxygen atoms in total. The summed E-state index contributed by atoms with van der Waals surface area (Å²) in [7, 11) is 6.36. The normalized spacial score (nSPS) is 16.5. The molecule has 6 aromatic rings. The lowest BCUT2D eigenvalue weighted by Gasteiger charge is -2.20. The standard InChI is InChI=1S/C41H42N12O5/c1-55-29-15-25(16-30(19-29)56-2)5-7-33-36-38(42)44-23-46-40(36)52(48-33)27-9-12-50(21-27)13-11-35(54)51-14-10-28(22-51)53-41-37(39(43)45-24-47-41)34(49-53)8-6-26-17-31(57-3)20-32(18-26)58-4/h15-20,23-24,27-28H,9-14,21-22H2,1-4H3,(H2,42,44,46)(H2,43,45,47). The van der Waals surface area contributed by atoms with Gasteiger partial charge in [0.2, 0.25) is 5.91 Å². The second-order valence-electron chi connectivity index (χ2n) is 14.0. The number of rotatable bonds is 9. The minimum absolute atomic E-state index is 0.0151. The number of benzene rings is 2. The van der Waals surface area contributed by atoms with Gasteiger partial charge in [-0.2, -0.15) is 10.2 Å². The number of aromatic nitrogens is 8. The van der Waals surface area contributed by atoms with Gasteiger partial charge in [0, 0.05) is 62.4 Å². The Morgan fingerprint density at radius 2 is 1.12 bits per heavy atom. The molecule has 4 N–H and O–H groups in total. The van der Waals surface area contributed by atoms with Crippen molar-refractivity contribution in [2.24, 2.45) is 0 Å². The maximum Gasteiger partial charge on any atom is 0.223 e. The van der Waals surface area contributed by atoms with Gasteiger partial charge in [-0.15, -0.1) is 0 Å². The quantitative estimate of drug-likeness (QED) is 0.203. The highest BCUT2D eigenvalue weighted by atomic mass is 16.5. The summed E-state index contributed by atoms with van der Waals surface area (Å²) in [5, 5.41) is 10.9. The molecule has 0 bridgehead atoms. The maximum atomic E-state index is 13.6. The zero-order valence-corrected chi connectivity index (χ0v) is 32.6. The maximum absolute atomic E-state index is 13.6. The molecule has 2 aromatic carbocycles. The van der Waals surface area contributed by atoms with Crippen LogP contribution in [0.5, 0.6) is 23.0 Å². The van der Waals surface area contributed by atoms with Gasteiger partial charge in [0.25, 0.3) is 0 Å². The van der Waals surface area contributed by atoms with Crippen molar-refractivity contribution in [3.8, 4) is 46.7 Å². The number of nitrogens with two attached hydrogens (primary N) is 2. The molecule has 2 fully saturated rings. The zero-order chi connectivity index (χ0) is 40.3. The molecule has 0 aliphatic carbocycles. The number of amides is 1. The van der Waals surface area contributed by atoms with E-state index in [0.29, 0.717) is 112 Å². The van der Waals surface area contributed by atoms with Crippen molar-refractivity contribution in [1.29, 1.82) is 0 Å². The Bertz CT molecular complexity index is 2610. The third kappa shape index (κ3) is 7.55. The smallest absolute Gasteiger partial charge is 0.223 e. The molecule has 0 spiro atoms. The topological polar surface area (TPSA) is 200 Å². The van der Waals surface area contributed by atoms with E-state index in [2.05, 4.69) is 48.5 Å². The fourth-order valence-corrected chi connectivity index (χ4v) is 7.49. The van der Waals surface area contributed by atoms with Crippen molar-refractivity contribution in [3.05, 3.63) is 71.6 Å². The Morgan fingerprint density at radius 1 is 0.655 bits per heavy atom. The highest BCUT2D eigenvalue weighted by Crippen LogP contribution is 2.31. The van der Waals surface area contributed by atoms with Gasteiger partial charge in [-0.3, -0.25) is 4.79 Å². The summed E-state index contributed by atoms with van der Waals surface area (Å²) in [6.45, 7) is 3.21. The zero-order valence-electron chi connectivity index (χ0n) is 32.6. The summed E-state index contributed by atoms with van der Waals surface area (Å²) in [5.41, 5.74) is 16.2. The first-order valence-electron chi connectivity index (χ1n) is 18.7. The molecule has 0 saturated carbocycles. The summed E-state index contributed by atoms with van der Waals surface area (Å²) in [4.78, 5) is 35.3. The van der Waals surface area contributed by atoms with Crippen LogP contribution < -0.4 is 30.4 Å². The van der Waals surface area contributed by atoms with E-state index in [-0.39, 0.29) is 23.8 Å². The van der Waals surface area contributed by atoms with E-state index in [1.54, 1.807) is 40.6 Å². The lowest BCUT2D eigenvalue weighted by Crippen LogP contribution is -2.33. The molecule has 2 unspecified atom stereocenters. The van der Waals surface area contributed by atoms with Gasteiger partial charge >= 0.3 is 0 Å². The van der Waals surface area contributed by atoms with Crippen molar-refractivity contribution >= 4 is 39.6 Å². The first-order chi connectivity index (χ1) is 28.2. The van der Waals surface area contributed by atoms with Gasteiger partial charge in [0.15, 0.2) is 11.3 Å². The molecule has 0 radical (unpaired) electrons. The number of fused-ring (bicyclic) bond motifs is 2. The lowest BCUT2D eigenvalue weighted by atomic mass is 10.2. The second kappa shape index (κ2) is 16.2. The summed E-state index contributed by atoms with van der Waals surface area (Å²) >= 11 is 0. The molecule has 1 amide bonds. The molecule has 8 rings (SSSR count). The number of nitrogens with zero attached hydrogens (tertiary/aromatic N) is 10. The van der Waals surface area contributed by atoms with E-state index in [4.69, 9.17) is 40.6 Å².